The Morgan fingerprint density at radius 1 is 1.12 bits per heavy atom. The van der Waals surface area contributed by atoms with Gasteiger partial charge in [-0.25, -0.2) is 8.42 Å². The summed E-state index contributed by atoms with van der Waals surface area (Å²) >= 11 is 13.9. The van der Waals surface area contributed by atoms with E-state index < -0.39 is 10.0 Å². The molecule has 1 N–H and O–H groups in total. The summed E-state index contributed by atoms with van der Waals surface area (Å²) in [6.45, 7) is 1.27. The van der Waals surface area contributed by atoms with E-state index in [4.69, 9.17) is 27.9 Å². The second-order valence-corrected chi connectivity index (χ2v) is 9.14. The third kappa shape index (κ3) is 5.89. The normalized spacial score (nSPS) is 11.6. The van der Waals surface area contributed by atoms with Crippen LogP contribution in [-0.2, 0) is 10.0 Å². The van der Waals surface area contributed by atoms with Gasteiger partial charge in [-0.2, -0.15) is 0 Å². The third-order valence-corrected chi connectivity index (χ3v) is 6.19. The van der Waals surface area contributed by atoms with Gasteiger partial charge in [0.1, 0.15) is 12.4 Å². The first-order chi connectivity index (χ1) is 11.7. The molecule has 0 aliphatic carbocycles. The van der Waals surface area contributed by atoms with Gasteiger partial charge in [0.2, 0.25) is 0 Å². The molecule has 2 aromatic rings. The maximum absolute atomic E-state index is 12.5. The molecule has 0 aliphatic rings. The zero-order chi connectivity index (χ0) is 18.6. The number of nitrogens with one attached hydrogen (secondary N) is 1. The fourth-order valence-electron chi connectivity index (χ4n) is 1.87. The minimum absolute atomic E-state index is 0.0375. The molecule has 0 spiro atoms. The highest BCUT2D eigenvalue weighted by molar-refractivity contribution is 14.1. The van der Waals surface area contributed by atoms with Crippen molar-refractivity contribution in [1.29, 1.82) is 0 Å². The van der Waals surface area contributed by atoms with Crippen molar-refractivity contribution in [2.45, 2.75) is 4.90 Å². The average molecular weight is 515 g/mol. The lowest BCUT2D eigenvalue weighted by molar-refractivity contribution is 0.260. The molecule has 9 heteroatoms. The van der Waals surface area contributed by atoms with E-state index in [0.717, 1.165) is 10.1 Å². The Bertz CT molecular complexity index is 860. The minimum atomic E-state index is -3.78. The summed E-state index contributed by atoms with van der Waals surface area (Å²) in [5.74, 6) is 0.622. The highest BCUT2D eigenvalue weighted by atomic mass is 127. The minimum Gasteiger partial charge on any atom is -0.491 e. The van der Waals surface area contributed by atoms with Crippen LogP contribution in [0, 0.1) is 3.57 Å². The van der Waals surface area contributed by atoms with Gasteiger partial charge in [-0.05, 0) is 67.0 Å². The van der Waals surface area contributed by atoms with Gasteiger partial charge in [0.15, 0.2) is 0 Å². The van der Waals surface area contributed by atoms with Gasteiger partial charge in [-0.15, -0.1) is 0 Å². The smallest absolute Gasteiger partial charge is 0.261 e. The lowest BCUT2D eigenvalue weighted by Gasteiger charge is -2.14. The van der Waals surface area contributed by atoms with Crippen molar-refractivity contribution in [3.8, 4) is 5.75 Å². The Labute approximate surface area is 171 Å². The predicted molar refractivity (Wildman–Crippen MR) is 110 cm³/mol. The van der Waals surface area contributed by atoms with Crippen molar-refractivity contribution in [2.24, 2.45) is 0 Å². The van der Waals surface area contributed by atoms with E-state index in [-0.39, 0.29) is 9.92 Å². The number of ether oxygens (including phenoxy) is 1. The van der Waals surface area contributed by atoms with Crippen LogP contribution in [0.15, 0.2) is 41.3 Å². The first kappa shape index (κ1) is 20.6. The number of likely N-dealkylation sites (N-methyl/N-ethyl adjacent to an activating group) is 1. The number of hydrogen-bond acceptors (Lipinski definition) is 4. The Kier molecular flexibility index (Phi) is 7.21. The van der Waals surface area contributed by atoms with Crippen molar-refractivity contribution in [3.05, 3.63) is 50.0 Å². The fraction of sp³-hybridized carbons (Fsp3) is 0.250. The molecule has 5 nitrogen and oxygen atoms in total. The summed E-state index contributed by atoms with van der Waals surface area (Å²) in [5.41, 5.74) is 0.409. The standard InChI is InChI=1S/C16H17Cl2IN2O3S/c1-21(2)7-8-24-16-9-11(3-6-15(16)19)20-25(22,23)12-4-5-13(17)14(18)10-12/h3-6,9-10,20H,7-8H2,1-2H3. The molecule has 0 bridgehead atoms. The van der Waals surface area contributed by atoms with Crippen LogP contribution in [0.2, 0.25) is 10.0 Å². The molecular formula is C16H17Cl2IN2O3S. The number of anilines is 1. The van der Waals surface area contributed by atoms with Crippen LogP contribution in [0.3, 0.4) is 0 Å². The first-order valence-corrected chi connectivity index (χ1v) is 10.6. The zero-order valence-electron chi connectivity index (χ0n) is 13.6. The highest BCUT2D eigenvalue weighted by Gasteiger charge is 2.16. The van der Waals surface area contributed by atoms with Crippen LogP contribution in [-0.4, -0.2) is 40.6 Å². The lowest BCUT2D eigenvalue weighted by atomic mass is 10.3. The van der Waals surface area contributed by atoms with Crippen molar-refractivity contribution in [1.82, 2.24) is 4.90 Å². The van der Waals surface area contributed by atoms with Gasteiger partial charge in [0.25, 0.3) is 10.0 Å². The van der Waals surface area contributed by atoms with Crippen LogP contribution < -0.4 is 9.46 Å². The van der Waals surface area contributed by atoms with Gasteiger partial charge >= 0.3 is 0 Å². The summed E-state index contributed by atoms with van der Waals surface area (Å²) in [6.07, 6.45) is 0. The average Bonchev–Trinajstić information content (AvgIpc) is 2.52. The van der Waals surface area contributed by atoms with E-state index in [1.54, 1.807) is 18.2 Å². The van der Waals surface area contributed by atoms with E-state index in [9.17, 15) is 8.42 Å². The molecule has 0 saturated carbocycles. The molecule has 2 rings (SSSR count). The van der Waals surface area contributed by atoms with E-state index in [1.807, 2.05) is 19.0 Å². The van der Waals surface area contributed by atoms with Crippen molar-refractivity contribution in [2.75, 3.05) is 32.0 Å². The monoisotopic (exact) mass is 514 g/mol. The SMILES string of the molecule is CN(C)CCOc1cc(NS(=O)(=O)c2ccc(Cl)c(Cl)c2)ccc1I. The molecule has 2 aromatic carbocycles. The van der Waals surface area contributed by atoms with Crippen LogP contribution in [0.4, 0.5) is 5.69 Å². The summed E-state index contributed by atoms with van der Waals surface area (Å²) in [4.78, 5) is 2.04. The van der Waals surface area contributed by atoms with Gasteiger partial charge in [0, 0.05) is 12.6 Å². The lowest BCUT2D eigenvalue weighted by Crippen LogP contribution is -2.19. The van der Waals surface area contributed by atoms with Crippen molar-refractivity contribution in [3.63, 3.8) is 0 Å². The Balaban J connectivity index is 2.19. The molecule has 0 aliphatic heterocycles. The van der Waals surface area contributed by atoms with Gasteiger partial charge in [-0.1, -0.05) is 23.2 Å². The summed E-state index contributed by atoms with van der Waals surface area (Å²) < 4.78 is 34.1. The molecule has 0 fully saturated rings. The molecule has 0 aromatic heterocycles. The molecule has 136 valence electrons. The fourth-order valence-corrected chi connectivity index (χ4v) is 3.80. The van der Waals surface area contributed by atoms with Crippen molar-refractivity contribution >= 4 is 61.5 Å². The van der Waals surface area contributed by atoms with Gasteiger partial charge in [0.05, 0.1) is 24.2 Å². The second-order valence-electron chi connectivity index (χ2n) is 5.48. The second kappa shape index (κ2) is 8.77. The van der Waals surface area contributed by atoms with Crippen LogP contribution >= 0.6 is 45.8 Å². The van der Waals surface area contributed by atoms with E-state index in [0.29, 0.717) is 23.1 Å². The van der Waals surface area contributed by atoms with Gasteiger partial charge < -0.3 is 9.64 Å². The molecule has 0 amide bonds. The molecule has 0 saturated heterocycles. The maximum atomic E-state index is 12.5. The quantitative estimate of drug-likeness (QED) is 0.558. The number of hydrogen-bond donors (Lipinski definition) is 1. The number of sulfonamides is 1. The number of nitrogens with zero attached hydrogens (tertiary/aromatic N) is 1. The predicted octanol–water partition coefficient (Wildman–Crippen LogP) is 4.34. The van der Waals surface area contributed by atoms with E-state index in [2.05, 4.69) is 27.3 Å². The Hall–Kier alpha value is -0.740. The molecule has 0 heterocycles. The topological polar surface area (TPSA) is 58.6 Å². The first-order valence-electron chi connectivity index (χ1n) is 7.24. The van der Waals surface area contributed by atoms with Gasteiger partial charge in [-0.3, -0.25) is 4.72 Å². The molecular weight excluding hydrogens is 498 g/mol. The molecule has 0 radical (unpaired) electrons. The Morgan fingerprint density at radius 3 is 2.48 bits per heavy atom. The number of rotatable bonds is 7. The van der Waals surface area contributed by atoms with Crippen LogP contribution in [0.25, 0.3) is 0 Å². The van der Waals surface area contributed by atoms with Crippen molar-refractivity contribution < 1.29 is 13.2 Å². The molecule has 0 unspecified atom stereocenters. The molecule has 0 atom stereocenters. The van der Waals surface area contributed by atoms with E-state index >= 15 is 0 Å². The third-order valence-electron chi connectivity index (χ3n) is 3.18. The zero-order valence-corrected chi connectivity index (χ0v) is 18.1. The number of benzene rings is 2. The largest absolute Gasteiger partial charge is 0.491 e. The van der Waals surface area contributed by atoms with Crippen LogP contribution in [0.1, 0.15) is 0 Å². The number of halogens is 3. The van der Waals surface area contributed by atoms with Crippen LogP contribution in [0.5, 0.6) is 5.75 Å². The Morgan fingerprint density at radius 2 is 1.84 bits per heavy atom. The molecule has 25 heavy (non-hydrogen) atoms. The summed E-state index contributed by atoms with van der Waals surface area (Å²) in [5, 5.41) is 0.478. The van der Waals surface area contributed by atoms with E-state index in [1.165, 1.54) is 18.2 Å². The maximum Gasteiger partial charge on any atom is 0.261 e. The summed E-state index contributed by atoms with van der Waals surface area (Å²) in [6, 6.07) is 9.29. The summed E-state index contributed by atoms with van der Waals surface area (Å²) in [7, 11) is 0.134. The highest BCUT2D eigenvalue weighted by Crippen LogP contribution is 2.28.